The molecule has 96 valence electrons. The number of hydrogen-bond donors (Lipinski definition) is 3. The third-order valence-electron chi connectivity index (χ3n) is 2.61. The van der Waals surface area contributed by atoms with Crippen molar-refractivity contribution in [2.24, 2.45) is 5.10 Å². The monoisotopic (exact) mass is 256 g/mol. The Morgan fingerprint density at radius 1 is 1.42 bits per heavy atom. The lowest BCUT2D eigenvalue weighted by Crippen LogP contribution is -2.48. The van der Waals surface area contributed by atoms with Gasteiger partial charge < -0.3 is 10.6 Å². The molecule has 0 bridgehead atoms. The van der Waals surface area contributed by atoms with Gasteiger partial charge in [0.1, 0.15) is 0 Å². The van der Waals surface area contributed by atoms with Crippen LogP contribution in [0.4, 0.5) is 10.5 Å². The number of carbonyl (C=O) groups is 2. The van der Waals surface area contributed by atoms with Crippen molar-refractivity contribution in [3.8, 4) is 12.3 Å². The molecule has 1 atom stereocenters. The predicted molar refractivity (Wildman–Crippen MR) is 71.6 cm³/mol. The highest BCUT2D eigenvalue weighted by Crippen LogP contribution is 2.12. The maximum absolute atomic E-state index is 11.1. The van der Waals surface area contributed by atoms with Gasteiger partial charge in [-0.2, -0.15) is 5.10 Å². The molecule has 0 aromatic heterocycles. The highest BCUT2D eigenvalue weighted by atomic mass is 16.2. The molecule has 1 aromatic rings. The molecule has 3 N–H and O–H groups in total. The topological polar surface area (TPSA) is 82.6 Å². The average molecular weight is 256 g/mol. The summed E-state index contributed by atoms with van der Waals surface area (Å²) in [5, 5.41) is 9.25. The van der Waals surface area contributed by atoms with Crippen molar-refractivity contribution >= 4 is 23.3 Å². The normalized spacial score (nSPS) is 17.6. The van der Waals surface area contributed by atoms with Gasteiger partial charge in [0.05, 0.1) is 11.8 Å². The van der Waals surface area contributed by atoms with Gasteiger partial charge >= 0.3 is 6.03 Å². The second kappa shape index (κ2) is 5.23. The zero-order chi connectivity index (χ0) is 13.8. The SMILES string of the molecule is C#CC(=O)Nc1ccc(C2=NNC(=O)NC2C)cc1. The van der Waals surface area contributed by atoms with Crippen molar-refractivity contribution < 1.29 is 9.59 Å². The molecule has 3 amide bonds. The fourth-order valence-electron chi connectivity index (χ4n) is 1.71. The number of terminal acetylenes is 1. The third-order valence-corrected chi connectivity index (χ3v) is 2.61. The Morgan fingerprint density at radius 3 is 2.68 bits per heavy atom. The summed E-state index contributed by atoms with van der Waals surface area (Å²) in [6.45, 7) is 1.84. The molecule has 1 aliphatic rings. The van der Waals surface area contributed by atoms with E-state index >= 15 is 0 Å². The molecule has 0 spiro atoms. The number of hydrogen-bond acceptors (Lipinski definition) is 3. The number of benzene rings is 1. The Hall–Kier alpha value is -2.81. The smallest absolute Gasteiger partial charge is 0.328 e. The van der Waals surface area contributed by atoms with E-state index in [-0.39, 0.29) is 12.1 Å². The van der Waals surface area contributed by atoms with E-state index in [0.29, 0.717) is 5.69 Å². The van der Waals surface area contributed by atoms with E-state index in [2.05, 4.69) is 21.2 Å². The molecule has 1 heterocycles. The summed E-state index contributed by atoms with van der Waals surface area (Å²) in [6, 6.07) is 6.52. The van der Waals surface area contributed by atoms with E-state index in [1.54, 1.807) is 24.3 Å². The first-order valence-electron chi connectivity index (χ1n) is 5.62. The molecule has 6 nitrogen and oxygen atoms in total. The van der Waals surface area contributed by atoms with Crippen LogP contribution < -0.4 is 16.1 Å². The van der Waals surface area contributed by atoms with Crippen LogP contribution in [-0.4, -0.2) is 23.7 Å². The summed E-state index contributed by atoms with van der Waals surface area (Å²) >= 11 is 0. The van der Waals surface area contributed by atoms with Crippen LogP contribution in [0.2, 0.25) is 0 Å². The number of nitrogens with zero attached hydrogens (tertiary/aromatic N) is 1. The van der Waals surface area contributed by atoms with E-state index in [1.165, 1.54) is 0 Å². The lowest BCUT2D eigenvalue weighted by atomic mass is 10.0. The molecule has 0 saturated carbocycles. The lowest BCUT2D eigenvalue weighted by molar-refractivity contribution is -0.111. The quantitative estimate of drug-likeness (QED) is 0.679. The average Bonchev–Trinajstić information content (AvgIpc) is 2.40. The van der Waals surface area contributed by atoms with Gasteiger partial charge in [-0.3, -0.25) is 4.79 Å². The molecule has 1 aromatic carbocycles. The van der Waals surface area contributed by atoms with Crippen molar-refractivity contribution in [1.29, 1.82) is 0 Å². The number of rotatable bonds is 2. The van der Waals surface area contributed by atoms with E-state index in [4.69, 9.17) is 6.42 Å². The Balaban J connectivity index is 2.17. The molecule has 19 heavy (non-hydrogen) atoms. The van der Waals surface area contributed by atoms with Crippen molar-refractivity contribution in [2.75, 3.05) is 5.32 Å². The molecule has 1 unspecified atom stereocenters. The lowest BCUT2D eigenvalue weighted by Gasteiger charge is -2.21. The first kappa shape index (κ1) is 12.6. The fraction of sp³-hybridized carbons (Fsp3) is 0.154. The van der Waals surface area contributed by atoms with Gasteiger partial charge in [0.2, 0.25) is 0 Å². The molecule has 0 saturated heterocycles. The van der Waals surface area contributed by atoms with Crippen molar-refractivity contribution in [1.82, 2.24) is 10.7 Å². The maximum atomic E-state index is 11.1. The van der Waals surface area contributed by atoms with Crippen molar-refractivity contribution in [2.45, 2.75) is 13.0 Å². The summed E-state index contributed by atoms with van der Waals surface area (Å²) in [6.07, 6.45) is 4.97. The van der Waals surface area contributed by atoms with Crippen molar-refractivity contribution in [3.05, 3.63) is 29.8 Å². The Bertz CT molecular complexity index is 584. The van der Waals surface area contributed by atoms with Crippen LogP contribution in [0.15, 0.2) is 29.4 Å². The molecular formula is C13H12N4O2. The Labute approximate surface area is 110 Å². The van der Waals surface area contributed by atoms with Gasteiger partial charge in [0.25, 0.3) is 5.91 Å². The fourth-order valence-corrected chi connectivity index (χ4v) is 1.71. The van der Waals surface area contributed by atoms with E-state index < -0.39 is 5.91 Å². The van der Waals surface area contributed by atoms with Crippen LogP contribution in [0.25, 0.3) is 0 Å². The first-order chi connectivity index (χ1) is 9.10. The maximum Gasteiger partial charge on any atom is 0.335 e. The number of anilines is 1. The first-order valence-corrected chi connectivity index (χ1v) is 5.62. The van der Waals surface area contributed by atoms with Crippen molar-refractivity contribution in [3.63, 3.8) is 0 Å². The number of hydrazone groups is 1. The van der Waals surface area contributed by atoms with Crippen LogP contribution in [0.1, 0.15) is 12.5 Å². The van der Waals surface area contributed by atoms with E-state index in [0.717, 1.165) is 11.3 Å². The standard InChI is InChI=1S/C13H12N4O2/c1-3-11(18)15-10-6-4-9(5-7-10)12-8(2)14-13(19)17-16-12/h1,4-8H,2H3,(H,15,18)(H2,14,17,19). The summed E-state index contributed by atoms with van der Waals surface area (Å²) in [7, 11) is 0. The van der Waals surface area contributed by atoms with E-state index in [9.17, 15) is 9.59 Å². The van der Waals surface area contributed by atoms with Crippen LogP contribution in [-0.2, 0) is 4.79 Å². The largest absolute Gasteiger partial charge is 0.335 e. The van der Waals surface area contributed by atoms with E-state index in [1.807, 2.05) is 12.8 Å². The minimum atomic E-state index is -0.495. The molecule has 6 heteroatoms. The Morgan fingerprint density at radius 2 is 2.11 bits per heavy atom. The minimum absolute atomic E-state index is 0.181. The second-order valence-electron chi connectivity index (χ2n) is 3.98. The highest BCUT2D eigenvalue weighted by molar-refractivity contribution is 6.08. The summed E-state index contributed by atoms with van der Waals surface area (Å²) in [4.78, 5) is 22.1. The van der Waals surface area contributed by atoms with Crippen LogP contribution in [0.3, 0.4) is 0 Å². The summed E-state index contributed by atoms with van der Waals surface area (Å²) in [5.74, 6) is 1.48. The van der Waals surface area contributed by atoms with Crippen LogP contribution in [0.5, 0.6) is 0 Å². The molecule has 2 rings (SSSR count). The van der Waals surface area contributed by atoms with Crippen LogP contribution in [0, 0.1) is 12.3 Å². The zero-order valence-corrected chi connectivity index (χ0v) is 10.2. The summed E-state index contributed by atoms with van der Waals surface area (Å²) in [5.41, 5.74) is 4.53. The minimum Gasteiger partial charge on any atom is -0.328 e. The number of urea groups is 1. The Kier molecular flexibility index (Phi) is 3.48. The van der Waals surface area contributed by atoms with Gasteiger partial charge in [0, 0.05) is 11.3 Å². The summed E-state index contributed by atoms with van der Waals surface area (Å²) < 4.78 is 0. The molecule has 0 radical (unpaired) electrons. The number of nitrogens with one attached hydrogen (secondary N) is 3. The molecule has 0 fully saturated rings. The second-order valence-corrected chi connectivity index (χ2v) is 3.98. The van der Waals surface area contributed by atoms with Crippen LogP contribution >= 0.6 is 0 Å². The zero-order valence-electron chi connectivity index (χ0n) is 10.2. The molecule has 1 aliphatic heterocycles. The number of carbonyl (C=O) groups excluding carboxylic acids is 2. The van der Waals surface area contributed by atoms with Gasteiger partial charge in [-0.15, -0.1) is 6.42 Å². The van der Waals surface area contributed by atoms with Gasteiger partial charge in [-0.1, -0.05) is 12.1 Å². The third kappa shape index (κ3) is 2.90. The number of amides is 3. The van der Waals surface area contributed by atoms with Gasteiger partial charge in [-0.05, 0) is 25.0 Å². The molecule has 0 aliphatic carbocycles. The van der Waals surface area contributed by atoms with Gasteiger partial charge in [-0.25, -0.2) is 10.2 Å². The molecular weight excluding hydrogens is 244 g/mol. The highest BCUT2D eigenvalue weighted by Gasteiger charge is 2.20. The van der Waals surface area contributed by atoms with Gasteiger partial charge in [0.15, 0.2) is 0 Å². The predicted octanol–water partition coefficient (Wildman–Crippen LogP) is 0.664.